The van der Waals surface area contributed by atoms with Crippen molar-refractivity contribution in [2.45, 2.75) is 19.9 Å². The molecular weight excluding hydrogens is 430 g/mol. The Morgan fingerprint density at radius 3 is 2.53 bits per heavy atom. The van der Waals surface area contributed by atoms with E-state index < -0.39 is 6.04 Å². The first-order valence-electron chi connectivity index (χ1n) is 10.7. The van der Waals surface area contributed by atoms with Gasteiger partial charge in [0.1, 0.15) is 35.5 Å². The third kappa shape index (κ3) is 3.64. The van der Waals surface area contributed by atoms with E-state index in [0.29, 0.717) is 34.1 Å². The van der Waals surface area contributed by atoms with E-state index in [0.717, 1.165) is 11.3 Å². The van der Waals surface area contributed by atoms with Crippen molar-refractivity contribution in [2.24, 2.45) is 7.05 Å². The summed E-state index contributed by atoms with van der Waals surface area (Å²) in [4.78, 5) is 31.4. The zero-order valence-corrected chi connectivity index (χ0v) is 19.0. The Balaban J connectivity index is 1.68. The Labute approximate surface area is 195 Å². The number of pyridine rings is 1. The van der Waals surface area contributed by atoms with Crippen LogP contribution in [0.1, 0.15) is 24.4 Å². The highest BCUT2D eigenvalue weighted by Crippen LogP contribution is 2.32. The standard InChI is InChI=1S/C24H23N9O/c1-14-8-7-11-17-30-20(18(24(34)33(14)17)16-9-5-4-6-10-16)15(2)29-22-19(21(25)26-12-27-22)23-28-13-32(3)31-23/h4-13,15H,1-3H3,(H3,25,26,27,29). The average molecular weight is 454 g/mol. The van der Waals surface area contributed by atoms with Gasteiger partial charge in [-0.25, -0.2) is 19.9 Å². The Morgan fingerprint density at radius 2 is 1.79 bits per heavy atom. The molecule has 0 aliphatic heterocycles. The molecule has 5 rings (SSSR count). The van der Waals surface area contributed by atoms with Crippen molar-refractivity contribution >= 4 is 17.3 Å². The van der Waals surface area contributed by atoms with Crippen LogP contribution in [0.2, 0.25) is 0 Å². The van der Waals surface area contributed by atoms with Crippen LogP contribution in [0.15, 0.2) is 66.0 Å². The summed E-state index contributed by atoms with van der Waals surface area (Å²) in [6, 6.07) is 14.7. The minimum atomic E-state index is -0.398. The van der Waals surface area contributed by atoms with Crippen molar-refractivity contribution in [2.75, 3.05) is 11.1 Å². The summed E-state index contributed by atoms with van der Waals surface area (Å²) >= 11 is 0. The predicted octanol–water partition coefficient (Wildman–Crippen LogP) is 3.01. The number of fused-ring (bicyclic) bond motifs is 1. The van der Waals surface area contributed by atoms with E-state index in [2.05, 4.69) is 25.4 Å². The molecule has 0 saturated carbocycles. The van der Waals surface area contributed by atoms with Crippen LogP contribution < -0.4 is 16.6 Å². The molecule has 1 aromatic carbocycles. The monoisotopic (exact) mass is 453 g/mol. The number of nitrogens with two attached hydrogens (primary N) is 1. The minimum absolute atomic E-state index is 0.133. The van der Waals surface area contributed by atoms with Crippen LogP contribution in [0.25, 0.3) is 28.2 Å². The van der Waals surface area contributed by atoms with Gasteiger partial charge >= 0.3 is 0 Å². The molecule has 0 radical (unpaired) electrons. The number of aryl methyl sites for hydroxylation is 2. The van der Waals surface area contributed by atoms with Gasteiger partial charge in [0, 0.05) is 12.7 Å². The van der Waals surface area contributed by atoms with Gasteiger partial charge < -0.3 is 11.1 Å². The molecule has 3 N–H and O–H groups in total. The minimum Gasteiger partial charge on any atom is -0.383 e. The lowest BCUT2D eigenvalue weighted by Gasteiger charge is -2.20. The molecule has 0 amide bonds. The summed E-state index contributed by atoms with van der Waals surface area (Å²) < 4.78 is 3.21. The first kappa shape index (κ1) is 21.3. The second kappa shape index (κ2) is 8.39. The zero-order valence-electron chi connectivity index (χ0n) is 19.0. The van der Waals surface area contributed by atoms with Crippen LogP contribution >= 0.6 is 0 Å². The van der Waals surface area contributed by atoms with E-state index in [1.165, 1.54) is 6.33 Å². The third-order valence-electron chi connectivity index (χ3n) is 5.60. The summed E-state index contributed by atoms with van der Waals surface area (Å²) in [5.41, 5.74) is 9.81. The highest BCUT2D eigenvalue weighted by Gasteiger charge is 2.23. The molecule has 10 heteroatoms. The van der Waals surface area contributed by atoms with Crippen LogP contribution in [0.3, 0.4) is 0 Å². The predicted molar refractivity (Wildman–Crippen MR) is 130 cm³/mol. The molecule has 0 aliphatic rings. The van der Waals surface area contributed by atoms with E-state index in [1.807, 2.05) is 62.4 Å². The molecule has 0 saturated heterocycles. The number of nitrogen functional groups attached to an aromatic ring is 1. The van der Waals surface area contributed by atoms with Crippen molar-refractivity contribution in [1.29, 1.82) is 0 Å². The van der Waals surface area contributed by atoms with E-state index in [-0.39, 0.29) is 11.4 Å². The number of nitrogens with one attached hydrogen (secondary N) is 1. The Bertz CT molecular complexity index is 1560. The topological polar surface area (TPSA) is 129 Å². The fraction of sp³-hybridized carbons (Fsp3) is 0.167. The molecule has 1 atom stereocenters. The maximum absolute atomic E-state index is 13.7. The summed E-state index contributed by atoms with van der Waals surface area (Å²) in [6.07, 6.45) is 2.96. The van der Waals surface area contributed by atoms with Gasteiger partial charge in [0.2, 0.25) is 0 Å². The number of aromatic nitrogens is 7. The molecular formula is C24H23N9O. The zero-order chi connectivity index (χ0) is 23.8. The lowest BCUT2D eigenvalue weighted by atomic mass is 10.0. The largest absolute Gasteiger partial charge is 0.383 e. The maximum atomic E-state index is 13.7. The van der Waals surface area contributed by atoms with Crippen LogP contribution in [0, 0.1) is 6.92 Å². The SMILES string of the molecule is Cc1cccc2nc(C(C)Nc3ncnc(N)c3-c3ncn(C)n3)c(-c3ccccc3)c(=O)n12. The molecule has 10 nitrogen and oxygen atoms in total. The van der Waals surface area contributed by atoms with Gasteiger partial charge in [-0.3, -0.25) is 13.9 Å². The van der Waals surface area contributed by atoms with Gasteiger partial charge in [0.05, 0.1) is 17.3 Å². The highest BCUT2D eigenvalue weighted by atomic mass is 16.1. The van der Waals surface area contributed by atoms with Crippen LogP contribution in [0.5, 0.6) is 0 Å². The number of hydrogen-bond donors (Lipinski definition) is 2. The van der Waals surface area contributed by atoms with Gasteiger partial charge in [-0.2, -0.15) is 5.10 Å². The second-order valence-corrected chi connectivity index (χ2v) is 7.99. The molecule has 4 aromatic heterocycles. The lowest BCUT2D eigenvalue weighted by molar-refractivity contribution is 0.767. The molecule has 170 valence electrons. The van der Waals surface area contributed by atoms with Crippen LogP contribution in [-0.2, 0) is 7.05 Å². The van der Waals surface area contributed by atoms with Gasteiger partial charge in [-0.05, 0) is 31.5 Å². The molecule has 34 heavy (non-hydrogen) atoms. The summed E-state index contributed by atoms with van der Waals surface area (Å²) in [5.74, 6) is 1.11. The highest BCUT2D eigenvalue weighted by molar-refractivity contribution is 5.79. The lowest BCUT2D eigenvalue weighted by Crippen LogP contribution is -2.24. The number of nitrogens with zero attached hydrogens (tertiary/aromatic N) is 7. The van der Waals surface area contributed by atoms with E-state index in [1.54, 1.807) is 22.5 Å². The maximum Gasteiger partial charge on any atom is 0.266 e. The molecule has 4 heterocycles. The average Bonchev–Trinajstić information content (AvgIpc) is 3.25. The number of hydrogen-bond acceptors (Lipinski definition) is 8. The molecule has 1 unspecified atom stereocenters. The third-order valence-corrected chi connectivity index (χ3v) is 5.60. The van der Waals surface area contributed by atoms with E-state index in [9.17, 15) is 4.79 Å². The normalized spacial score (nSPS) is 12.1. The van der Waals surface area contributed by atoms with Gasteiger partial charge in [-0.15, -0.1) is 0 Å². The first-order valence-corrected chi connectivity index (χ1v) is 10.7. The van der Waals surface area contributed by atoms with Crippen LogP contribution in [0.4, 0.5) is 11.6 Å². The summed E-state index contributed by atoms with van der Waals surface area (Å²) in [6.45, 7) is 3.82. The summed E-state index contributed by atoms with van der Waals surface area (Å²) in [7, 11) is 1.77. The first-order chi connectivity index (χ1) is 16.4. The Kier molecular flexibility index (Phi) is 5.25. The Hall–Kier alpha value is -4.60. The van der Waals surface area contributed by atoms with E-state index in [4.69, 9.17) is 10.7 Å². The van der Waals surface area contributed by atoms with E-state index >= 15 is 0 Å². The Morgan fingerprint density at radius 1 is 1.00 bits per heavy atom. The molecule has 0 bridgehead atoms. The fourth-order valence-corrected chi connectivity index (χ4v) is 4.00. The molecule has 5 aromatic rings. The number of anilines is 2. The molecule has 0 fully saturated rings. The summed E-state index contributed by atoms with van der Waals surface area (Å²) in [5, 5.41) is 7.71. The van der Waals surface area contributed by atoms with Crippen molar-refractivity contribution in [3.63, 3.8) is 0 Å². The van der Waals surface area contributed by atoms with Crippen LogP contribution in [-0.4, -0.2) is 34.1 Å². The molecule has 0 aliphatic carbocycles. The fourth-order valence-electron chi connectivity index (χ4n) is 4.00. The second-order valence-electron chi connectivity index (χ2n) is 7.99. The van der Waals surface area contributed by atoms with Gasteiger partial charge in [0.15, 0.2) is 5.82 Å². The van der Waals surface area contributed by atoms with Crippen molar-refractivity contribution in [1.82, 2.24) is 34.1 Å². The quantitative estimate of drug-likeness (QED) is 0.415. The molecule has 0 spiro atoms. The van der Waals surface area contributed by atoms with Gasteiger partial charge in [-0.1, -0.05) is 36.4 Å². The number of benzene rings is 1. The number of rotatable bonds is 5. The van der Waals surface area contributed by atoms with Crippen molar-refractivity contribution < 1.29 is 0 Å². The van der Waals surface area contributed by atoms with Crippen molar-refractivity contribution in [3.8, 4) is 22.5 Å². The van der Waals surface area contributed by atoms with Gasteiger partial charge in [0.25, 0.3) is 5.56 Å². The van der Waals surface area contributed by atoms with Crippen molar-refractivity contribution in [3.05, 3.63) is 82.9 Å². The smallest absolute Gasteiger partial charge is 0.266 e.